The molecule has 2 atom stereocenters. The van der Waals surface area contributed by atoms with Crippen LogP contribution in [-0.2, 0) is 33.7 Å². The van der Waals surface area contributed by atoms with Crippen LogP contribution >= 0.6 is 0 Å². The molecule has 3 amide bonds. The Kier molecular flexibility index (Phi) is 8.53. The number of amides is 3. The van der Waals surface area contributed by atoms with Crippen LogP contribution in [-0.4, -0.2) is 53.5 Å². The summed E-state index contributed by atoms with van der Waals surface area (Å²) in [5, 5.41) is 11.2. The number of cyclic esters (lactones) is 1. The Labute approximate surface area is 215 Å². The van der Waals surface area contributed by atoms with E-state index in [0.717, 1.165) is 27.8 Å². The average molecular weight is 503 g/mol. The van der Waals surface area contributed by atoms with Crippen molar-refractivity contribution >= 4 is 18.1 Å². The molecule has 0 bridgehead atoms. The van der Waals surface area contributed by atoms with Crippen LogP contribution in [0.1, 0.15) is 23.6 Å². The van der Waals surface area contributed by atoms with Gasteiger partial charge in [0.05, 0.1) is 6.04 Å². The van der Waals surface area contributed by atoms with Gasteiger partial charge in [0, 0.05) is 19.6 Å². The molecule has 0 aromatic heterocycles. The number of rotatable bonds is 10. The van der Waals surface area contributed by atoms with Crippen LogP contribution in [0, 0.1) is 0 Å². The highest BCUT2D eigenvalue weighted by Crippen LogP contribution is 2.24. The maximum absolute atomic E-state index is 13.4. The number of hydrogen-bond donors (Lipinski definition) is 2. The van der Waals surface area contributed by atoms with Gasteiger partial charge < -0.3 is 19.9 Å². The first-order valence-electron chi connectivity index (χ1n) is 12.2. The fraction of sp³-hybridized carbons (Fsp3) is 0.276. The molecule has 1 heterocycles. The van der Waals surface area contributed by atoms with E-state index in [1.807, 2.05) is 85.8 Å². The molecule has 192 valence electrons. The zero-order chi connectivity index (χ0) is 26.2. The highest BCUT2D eigenvalue weighted by Gasteiger charge is 2.41. The Bertz CT molecular complexity index is 1230. The molecule has 0 spiro atoms. The third kappa shape index (κ3) is 6.74. The van der Waals surface area contributed by atoms with Crippen molar-refractivity contribution in [3.05, 3.63) is 95.6 Å². The molecular weight excluding hydrogens is 472 g/mol. The van der Waals surface area contributed by atoms with E-state index >= 15 is 0 Å². The maximum atomic E-state index is 13.4. The molecule has 1 aliphatic heterocycles. The van der Waals surface area contributed by atoms with Gasteiger partial charge in [-0.3, -0.25) is 4.79 Å². The van der Waals surface area contributed by atoms with Crippen molar-refractivity contribution < 1.29 is 29.0 Å². The molecule has 2 unspecified atom stereocenters. The van der Waals surface area contributed by atoms with E-state index in [0.29, 0.717) is 19.4 Å². The third-order valence-corrected chi connectivity index (χ3v) is 6.24. The van der Waals surface area contributed by atoms with Gasteiger partial charge in [-0.1, -0.05) is 72.8 Å². The van der Waals surface area contributed by atoms with Crippen molar-refractivity contribution in [2.24, 2.45) is 0 Å². The maximum Gasteiger partial charge on any atom is 0.417 e. The highest BCUT2D eigenvalue weighted by atomic mass is 16.6. The summed E-state index contributed by atoms with van der Waals surface area (Å²) in [6, 6.07) is 24.7. The number of carbonyl (C=O) groups excluding carboxylic acids is 2. The lowest BCUT2D eigenvalue weighted by molar-refractivity contribution is -0.141. The predicted octanol–water partition coefficient (Wildman–Crippen LogP) is 4.66. The average Bonchev–Trinajstić information content (AvgIpc) is 3.27. The number of nitrogens with zero attached hydrogens (tertiary/aromatic N) is 1. The fourth-order valence-corrected chi connectivity index (χ4v) is 4.43. The highest BCUT2D eigenvalue weighted by molar-refractivity contribution is 5.96. The van der Waals surface area contributed by atoms with Crippen LogP contribution in [0.3, 0.4) is 0 Å². The van der Waals surface area contributed by atoms with E-state index in [4.69, 9.17) is 14.6 Å². The van der Waals surface area contributed by atoms with Gasteiger partial charge >= 0.3 is 12.2 Å². The largest absolute Gasteiger partial charge is 0.465 e. The first kappa shape index (κ1) is 25.9. The lowest BCUT2D eigenvalue weighted by Gasteiger charge is -2.25. The number of imide groups is 1. The molecule has 0 aliphatic carbocycles. The molecule has 1 saturated heterocycles. The number of ether oxygens (including phenoxy) is 2. The summed E-state index contributed by atoms with van der Waals surface area (Å²) in [7, 11) is 0. The monoisotopic (exact) mass is 502 g/mol. The second-order valence-electron chi connectivity index (χ2n) is 8.83. The first-order valence-corrected chi connectivity index (χ1v) is 12.2. The van der Waals surface area contributed by atoms with Gasteiger partial charge in [-0.25, -0.2) is 14.5 Å². The van der Waals surface area contributed by atoms with Gasteiger partial charge in [0.25, 0.3) is 5.91 Å². The molecule has 37 heavy (non-hydrogen) atoms. The van der Waals surface area contributed by atoms with E-state index in [-0.39, 0.29) is 19.2 Å². The summed E-state index contributed by atoms with van der Waals surface area (Å²) in [4.78, 5) is 37.9. The van der Waals surface area contributed by atoms with Crippen LogP contribution < -0.4 is 5.32 Å². The van der Waals surface area contributed by atoms with Crippen LogP contribution in [0.15, 0.2) is 78.9 Å². The molecule has 1 fully saturated rings. The Morgan fingerprint density at radius 1 is 1.00 bits per heavy atom. The van der Waals surface area contributed by atoms with Gasteiger partial charge in [-0.2, -0.15) is 0 Å². The zero-order valence-electron chi connectivity index (χ0n) is 20.6. The summed E-state index contributed by atoms with van der Waals surface area (Å²) in [6.07, 6.45) is -1.68. The molecule has 0 radical (unpaired) electrons. The fourth-order valence-electron chi connectivity index (χ4n) is 4.43. The van der Waals surface area contributed by atoms with Crippen LogP contribution in [0.5, 0.6) is 0 Å². The van der Waals surface area contributed by atoms with Crippen molar-refractivity contribution in [3.63, 3.8) is 0 Å². The van der Waals surface area contributed by atoms with Gasteiger partial charge in [0.15, 0.2) is 0 Å². The summed E-state index contributed by atoms with van der Waals surface area (Å²) in [5.74, 6) is -0.395. The standard InChI is InChI=1S/C29H30N2O6/c1-2-36-26(27(32)31-25(19-37-29(31)35)16-20-7-4-3-5-8-20)17-21-11-13-23(14-12-21)24-10-6-9-22(15-24)18-30-28(33)34/h3-15,25-26,30H,2,16-19H2,1H3,(H,33,34). The second-order valence-corrected chi connectivity index (χ2v) is 8.83. The molecule has 2 N–H and O–H groups in total. The molecule has 0 saturated carbocycles. The van der Waals surface area contributed by atoms with Crippen molar-refractivity contribution in [2.45, 2.75) is 38.5 Å². The lowest BCUT2D eigenvalue weighted by atomic mass is 9.99. The number of carboxylic acid groups (broad SMARTS) is 1. The summed E-state index contributed by atoms with van der Waals surface area (Å²) < 4.78 is 11.0. The summed E-state index contributed by atoms with van der Waals surface area (Å²) in [5.41, 5.74) is 4.69. The third-order valence-electron chi connectivity index (χ3n) is 6.24. The molecule has 3 aromatic carbocycles. The number of hydrogen-bond acceptors (Lipinski definition) is 5. The van der Waals surface area contributed by atoms with Gasteiger partial charge in [-0.05, 0) is 47.2 Å². The number of benzene rings is 3. The van der Waals surface area contributed by atoms with Crippen molar-refractivity contribution in [2.75, 3.05) is 13.2 Å². The van der Waals surface area contributed by atoms with Crippen molar-refractivity contribution in [1.29, 1.82) is 0 Å². The van der Waals surface area contributed by atoms with Crippen LogP contribution in [0.2, 0.25) is 0 Å². The minimum absolute atomic E-state index is 0.161. The Morgan fingerprint density at radius 2 is 1.73 bits per heavy atom. The minimum atomic E-state index is -1.07. The molecule has 8 nitrogen and oxygen atoms in total. The Hall–Kier alpha value is -4.17. The first-order chi connectivity index (χ1) is 17.9. The predicted molar refractivity (Wildman–Crippen MR) is 138 cm³/mol. The SMILES string of the molecule is CCOC(Cc1ccc(-c2cccc(CNC(=O)O)c2)cc1)C(=O)N1C(=O)OCC1Cc1ccccc1. The smallest absolute Gasteiger partial charge is 0.417 e. The quantitative estimate of drug-likeness (QED) is 0.418. The number of carbonyl (C=O) groups is 3. The lowest BCUT2D eigenvalue weighted by Crippen LogP contribution is -2.47. The van der Waals surface area contributed by atoms with E-state index in [9.17, 15) is 14.4 Å². The van der Waals surface area contributed by atoms with Crippen molar-refractivity contribution in [3.8, 4) is 11.1 Å². The zero-order valence-corrected chi connectivity index (χ0v) is 20.6. The summed E-state index contributed by atoms with van der Waals surface area (Å²) in [6.45, 7) is 2.54. The van der Waals surface area contributed by atoms with Gasteiger partial charge in [0.1, 0.15) is 12.7 Å². The van der Waals surface area contributed by atoms with Gasteiger partial charge in [-0.15, -0.1) is 0 Å². The van der Waals surface area contributed by atoms with E-state index < -0.39 is 24.2 Å². The molecule has 3 aromatic rings. The molecule has 8 heteroatoms. The molecule has 4 rings (SSSR count). The van der Waals surface area contributed by atoms with E-state index in [2.05, 4.69) is 5.32 Å². The van der Waals surface area contributed by atoms with Crippen LogP contribution in [0.4, 0.5) is 9.59 Å². The topological polar surface area (TPSA) is 105 Å². The van der Waals surface area contributed by atoms with Crippen molar-refractivity contribution in [1.82, 2.24) is 10.2 Å². The second kappa shape index (κ2) is 12.2. The normalized spacial score (nSPS) is 15.8. The molecule has 1 aliphatic rings. The Morgan fingerprint density at radius 3 is 2.43 bits per heavy atom. The van der Waals surface area contributed by atoms with Gasteiger partial charge in [0.2, 0.25) is 0 Å². The molecular formula is C29H30N2O6. The summed E-state index contributed by atoms with van der Waals surface area (Å²) >= 11 is 0. The minimum Gasteiger partial charge on any atom is -0.465 e. The number of nitrogens with one attached hydrogen (secondary N) is 1. The van der Waals surface area contributed by atoms with E-state index in [1.54, 1.807) is 0 Å². The van der Waals surface area contributed by atoms with Crippen LogP contribution in [0.25, 0.3) is 11.1 Å². The Balaban J connectivity index is 1.46. The van der Waals surface area contributed by atoms with E-state index in [1.165, 1.54) is 4.90 Å².